The number of carbonyl (C=O) groups excluding carboxylic acids is 2. The van der Waals surface area contributed by atoms with Crippen molar-refractivity contribution in [2.45, 2.75) is 45.1 Å². The SMILES string of the molecule is COc1c(NC(=O)C(=NO)c2ccc(OC)c3ccccc23)cc(C(C)(C)C)cc1C(=O)NC1CC1. The predicted molar refractivity (Wildman–Crippen MR) is 140 cm³/mol. The van der Waals surface area contributed by atoms with E-state index in [2.05, 4.69) is 15.8 Å². The number of hydrogen-bond acceptors (Lipinski definition) is 6. The number of ether oxygens (including phenoxy) is 2. The highest BCUT2D eigenvalue weighted by molar-refractivity contribution is 6.50. The lowest BCUT2D eigenvalue weighted by Gasteiger charge is -2.23. The van der Waals surface area contributed by atoms with Gasteiger partial charge in [-0.05, 0) is 53.5 Å². The number of nitrogens with one attached hydrogen (secondary N) is 2. The summed E-state index contributed by atoms with van der Waals surface area (Å²) in [5.41, 5.74) is 1.45. The fourth-order valence-corrected chi connectivity index (χ4v) is 4.09. The number of rotatable bonds is 7. The summed E-state index contributed by atoms with van der Waals surface area (Å²) in [4.78, 5) is 26.5. The third kappa shape index (κ3) is 4.98. The molecule has 8 nitrogen and oxygen atoms in total. The van der Waals surface area contributed by atoms with Crippen molar-refractivity contribution < 1.29 is 24.3 Å². The van der Waals surface area contributed by atoms with Gasteiger partial charge in [0.2, 0.25) is 0 Å². The van der Waals surface area contributed by atoms with Crippen molar-refractivity contribution in [1.29, 1.82) is 0 Å². The average Bonchev–Trinajstić information content (AvgIpc) is 3.67. The van der Waals surface area contributed by atoms with E-state index in [0.29, 0.717) is 28.0 Å². The van der Waals surface area contributed by atoms with Gasteiger partial charge in [0.25, 0.3) is 11.8 Å². The molecule has 0 radical (unpaired) electrons. The zero-order valence-corrected chi connectivity index (χ0v) is 21.1. The van der Waals surface area contributed by atoms with E-state index >= 15 is 0 Å². The van der Waals surface area contributed by atoms with Gasteiger partial charge in [0.05, 0.1) is 25.5 Å². The average molecular weight is 490 g/mol. The monoisotopic (exact) mass is 489 g/mol. The van der Waals surface area contributed by atoms with Gasteiger partial charge < -0.3 is 25.3 Å². The summed E-state index contributed by atoms with van der Waals surface area (Å²) < 4.78 is 11.0. The van der Waals surface area contributed by atoms with Crippen molar-refractivity contribution in [2.24, 2.45) is 5.16 Å². The molecule has 0 atom stereocenters. The molecule has 0 unspecified atom stereocenters. The van der Waals surface area contributed by atoms with Crippen LogP contribution in [0.3, 0.4) is 0 Å². The molecule has 0 saturated heterocycles. The van der Waals surface area contributed by atoms with Gasteiger partial charge in [-0.2, -0.15) is 0 Å². The van der Waals surface area contributed by atoms with Gasteiger partial charge >= 0.3 is 0 Å². The number of nitrogens with zero attached hydrogens (tertiary/aromatic N) is 1. The van der Waals surface area contributed by atoms with Crippen molar-refractivity contribution >= 4 is 34.0 Å². The van der Waals surface area contributed by atoms with E-state index in [1.807, 2.05) is 45.0 Å². The van der Waals surface area contributed by atoms with Gasteiger partial charge in [0.1, 0.15) is 5.75 Å². The van der Waals surface area contributed by atoms with Gasteiger partial charge in [0, 0.05) is 17.0 Å². The summed E-state index contributed by atoms with van der Waals surface area (Å²) in [6.45, 7) is 6.06. The lowest BCUT2D eigenvalue weighted by atomic mass is 9.85. The maximum absolute atomic E-state index is 13.5. The third-order valence-corrected chi connectivity index (χ3v) is 6.24. The summed E-state index contributed by atoms with van der Waals surface area (Å²) in [5, 5.41) is 20.5. The zero-order valence-electron chi connectivity index (χ0n) is 21.1. The second-order valence-corrected chi connectivity index (χ2v) is 9.87. The molecule has 1 aliphatic carbocycles. The lowest BCUT2D eigenvalue weighted by molar-refractivity contribution is -0.110. The Balaban J connectivity index is 1.76. The van der Waals surface area contributed by atoms with E-state index in [9.17, 15) is 14.8 Å². The Labute approximate surface area is 210 Å². The Morgan fingerprint density at radius 1 is 0.972 bits per heavy atom. The topological polar surface area (TPSA) is 109 Å². The molecule has 1 saturated carbocycles. The molecule has 8 heteroatoms. The molecule has 0 spiro atoms. The summed E-state index contributed by atoms with van der Waals surface area (Å²) >= 11 is 0. The summed E-state index contributed by atoms with van der Waals surface area (Å²) in [6.07, 6.45) is 1.89. The van der Waals surface area contributed by atoms with E-state index in [1.165, 1.54) is 7.11 Å². The van der Waals surface area contributed by atoms with Crippen LogP contribution < -0.4 is 20.1 Å². The lowest BCUT2D eigenvalue weighted by Crippen LogP contribution is -2.28. The van der Waals surface area contributed by atoms with Crippen LogP contribution in [0.1, 0.15) is 55.1 Å². The standard InChI is InChI=1S/C28H31N3O5/c1-28(2,3)16-14-21(26(32)29-17-10-11-17)25(36-5)22(15-16)30-27(33)24(31-34)20-12-13-23(35-4)19-9-7-6-8-18(19)20/h6-9,12-15,17,34H,10-11H2,1-5H3,(H,29,32)(H,30,33). The van der Waals surface area contributed by atoms with Gasteiger partial charge in [-0.15, -0.1) is 0 Å². The van der Waals surface area contributed by atoms with Gasteiger partial charge in [0.15, 0.2) is 11.5 Å². The Kier molecular flexibility index (Phi) is 6.88. The maximum atomic E-state index is 13.5. The molecule has 4 rings (SSSR count). The van der Waals surface area contributed by atoms with E-state index in [0.717, 1.165) is 23.8 Å². The highest BCUT2D eigenvalue weighted by Crippen LogP contribution is 2.36. The number of amides is 2. The van der Waals surface area contributed by atoms with Crippen molar-refractivity contribution in [3.05, 3.63) is 65.2 Å². The maximum Gasteiger partial charge on any atom is 0.278 e. The zero-order chi connectivity index (χ0) is 26.0. The van der Waals surface area contributed by atoms with Crippen molar-refractivity contribution in [2.75, 3.05) is 19.5 Å². The van der Waals surface area contributed by atoms with Crippen LogP contribution >= 0.6 is 0 Å². The Morgan fingerprint density at radius 3 is 2.25 bits per heavy atom. The Hall–Kier alpha value is -4.07. The molecule has 0 heterocycles. The number of methoxy groups -OCH3 is 2. The molecule has 3 aromatic carbocycles. The number of benzene rings is 3. The van der Waals surface area contributed by atoms with Crippen LogP contribution in [0.5, 0.6) is 11.5 Å². The molecule has 1 fully saturated rings. The quantitative estimate of drug-likeness (QED) is 0.249. The first-order chi connectivity index (χ1) is 17.2. The fraction of sp³-hybridized carbons (Fsp3) is 0.321. The highest BCUT2D eigenvalue weighted by atomic mass is 16.5. The van der Waals surface area contributed by atoms with Gasteiger partial charge in [-0.25, -0.2) is 0 Å². The van der Waals surface area contributed by atoms with Gasteiger partial charge in [-0.3, -0.25) is 9.59 Å². The van der Waals surface area contributed by atoms with Crippen molar-refractivity contribution in [3.8, 4) is 11.5 Å². The van der Waals surface area contributed by atoms with Crippen molar-refractivity contribution in [3.63, 3.8) is 0 Å². The third-order valence-electron chi connectivity index (χ3n) is 6.24. The van der Waals surface area contributed by atoms with E-state index in [1.54, 1.807) is 31.4 Å². The van der Waals surface area contributed by atoms with Crippen LogP contribution in [-0.4, -0.2) is 43.0 Å². The summed E-state index contributed by atoms with van der Waals surface area (Å²) in [5.74, 6) is -0.0248. The number of carbonyl (C=O) groups is 2. The largest absolute Gasteiger partial charge is 0.496 e. The molecular formula is C28H31N3O5. The number of fused-ring (bicyclic) bond motifs is 1. The van der Waals surface area contributed by atoms with Crippen LogP contribution in [0.4, 0.5) is 5.69 Å². The predicted octanol–water partition coefficient (Wildman–Crippen LogP) is 4.86. The second kappa shape index (κ2) is 9.89. The van der Waals surface area contributed by atoms with E-state index in [-0.39, 0.29) is 28.8 Å². The molecule has 0 aromatic heterocycles. The van der Waals surface area contributed by atoms with E-state index < -0.39 is 5.91 Å². The molecule has 2 amide bonds. The Morgan fingerprint density at radius 2 is 1.67 bits per heavy atom. The molecular weight excluding hydrogens is 458 g/mol. The van der Waals surface area contributed by atoms with Crippen LogP contribution in [0, 0.1) is 0 Å². The van der Waals surface area contributed by atoms with Crippen LogP contribution in [0.25, 0.3) is 10.8 Å². The minimum absolute atomic E-state index is 0.162. The molecule has 3 N–H and O–H groups in total. The molecule has 1 aliphatic rings. The first-order valence-corrected chi connectivity index (χ1v) is 11.8. The van der Waals surface area contributed by atoms with Crippen LogP contribution in [0.2, 0.25) is 0 Å². The molecule has 36 heavy (non-hydrogen) atoms. The number of oxime groups is 1. The minimum atomic E-state index is -0.647. The Bertz CT molecular complexity index is 1350. The van der Waals surface area contributed by atoms with Crippen molar-refractivity contribution in [1.82, 2.24) is 5.32 Å². The van der Waals surface area contributed by atoms with E-state index in [4.69, 9.17) is 9.47 Å². The van der Waals surface area contributed by atoms with Crippen LogP contribution in [-0.2, 0) is 10.2 Å². The van der Waals surface area contributed by atoms with Crippen LogP contribution in [0.15, 0.2) is 53.7 Å². The first-order valence-electron chi connectivity index (χ1n) is 11.8. The van der Waals surface area contributed by atoms with Gasteiger partial charge in [-0.1, -0.05) is 50.2 Å². The summed E-state index contributed by atoms with van der Waals surface area (Å²) in [7, 11) is 3.02. The summed E-state index contributed by atoms with van der Waals surface area (Å²) in [6, 6.07) is 14.5. The second-order valence-electron chi connectivity index (χ2n) is 9.87. The first kappa shape index (κ1) is 25.0. The highest BCUT2D eigenvalue weighted by Gasteiger charge is 2.29. The minimum Gasteiger partial charge on any atom is -0.496 e. The normalized spacial score (nSPS) is 13.9. The fourth-order valence-electron chi connectivity index (χ4n) is 4.09. The number of hydrogen-bond donors (Lipinski definition) is 3. The molecule has 0 aliphatic heterocycles. The molecule has 3 aromatic rings. The smallest absolute Gasteiger partial charge is 0.278 e. The number of anilines is 1. The molecule has 0 bridgehead atoms. The molecule has 188 valence electrons.